The molecule has 0 spiro atoms. The Labute approximate surface area is 124 Å². The first-order valence-corrected chi connectivity index (χ1v) is 8.27. The fourth-order valence-corrected chi connectivity index (χ4v) is 3.69. The van der Waals surface area contributed by atoms with Crippen molar-refractivity contribution >= 4 is 11.3 Å². The van der Waals surface area contributed by atoms with Crippen LogP contribution in [0.4, 0.5) is 0 Å². The van der Waals surface area contributed by atoms with Crippen LogP contribution in [0.1, 0.15) is 55.8 Å². The average Bonchev–Trinajstić information content (AvgIpc) is 3.09. The van der Waals surface area contributed by atoms with Crippen LogP contribution in [0.2, 0.25) is 0 Å². The van der Waals surface area contributed by atoms with E-state index in [2.05, 4.69) is 33.7 Å². The summed E-state index contributed by atoms with van der Waals surface area (Å²) in [6.07, 6.45) is 9.65. The van der Waals surface area contributed by atoms with E-state index in [9.17, 15) is 0 Å². The van der Waals surface area contributed by atoms with Gasteiger partial charge in [-0.25, -0.2) is 9.97 Å². The number of rotatable bonds is 4. The van der Waals surface area contributed by atoms with Crippen LogP contribution in [0.5, 0.6) is 0 Å². The minimum atomic E-state index is 0.434. The van der Waals surface area contributed by atoms with Gasteiger partial charge in [-0.1, -0.05) is 6.92 Å². The van der Waals surface area contributed by atoms with Gasteiger partial charge in [0, 0.05) is 42.3 Å². The standard InChI is InChI=1S/C15H22N4S/c1-11(15-17-6-7-20-15)9-19-10-16-8-14(19)13-5-3-4-12(2)18-13/h6-8,10-13,18H,3-5,9H2,1-2H3. The minimum absolute atomic E-state index is 0.434. The molecule has 5 heteroatoms. The summed E-state index contributed by atoms with van der Waals surface area (Å²) in [5.74, 6) is 0.434. The van der Waals surface area contributed by atoms with Crippen LogP contribution in [-0.4, -0.2) is 20.6 Å². The van der Waals surface area contributed by atoms with Gasteiger partial charge in [-0.15, -0.1) is 11.3 Å². The summed E-state index contributed by atoms with van der Waals surface area (Å²) >= 11 is 1.73. The smallest absolute Gasteiger partial charge is 0.0970 e. The van der Waals surface area contributed by atoms with E-state index in [4.69, 9.17) is 0 Å². The number of aromatic nitrogens is 3. The van der Waals surface area contributed by atoms with Crippen LogP contribution in [-0.2, 0) is 6.54 Å². The van der Waals surface area contributed by atoms with Crippen molar-refractivity contribution in [1.82, 2.24) is 19.9 Å². The Hall–Kier alpha value is -1.20. The quantitative estimate of drug-likeness (QED) is 0.939. The van der Waals surface area contributed by atoms with Crippen molar-refractivity contribution in [2.24, 2.45) is 0 Å². The Bertz CT molecular complexity index is 534. The second-order valence-corrected chi connectivity index (χ2v) is 6.72. The second-order valence-electron chi connectivity index (χ2n) is 5.79. The third-order valence-corrected chi connectivity index (χ3v) is 5.07. The van der Waals surface area contributed by atoms with E-state index < -0.39 is 0 Å². The summed E-state index contributed by atoms with van der Waals surface area (Å²) in [5.41, 5.74) is 1.32. The molecule has 1 aliphatic rings. The van der Waals surface area contributed by atoms with Crippen LogP contribution in [0, 0.1) is 0 Å². The highest BCUT2D eigenvalue weighted by Crippen LogP contribution is 2.27. The number of hydrogen-bond acceptors (Lipinski definition) is 4. The van der Waals surface area contributed by atoms with Crippen molar-refractivity contribution in [2.75, 3.05) is 0 Å². The van der Waals surface area contributed by atoms with Gasteiger partial charge in [-0.2, -0.15) is 0 Å². The lowest BCUT2D eigenvalue weighted by molar-refractivity contribution is 0.327. The molecule has 3 heterocycles. The monoisotopic (exact) mass is 290 g/mol. The van der Waals surface area contributed by atoms with E-state index in [0.717, 1.165) is 6.54 Å². The summed E-state index contributed by atoms with van der Waals surface area (Å²) in [5, 5.41) is 6.94. The van der Waals surface area contributed by atoms with Crippen molar-refractivity contribution in [3.05, 3.63) is 34.8 Å². The van der Waals surface area contributed by atoms with Gasteiger partial charge in [0.15, 0.2) is 0 Å². The zero-order chi connectivity index (χ0) is 13.9. The van der Waals surface area contributed by atoms with Crippen LogP contribution >= 0.6 is 11.3 Å². The topological polar surface area (TPSA) is 42.7 Å². The number of thiazole rings is 1. The molecule has 1 saturated heterocycles. The van der Waals surface area contributed by atoms with E-state index in [1.807, 2.05) is 24.1 Å². The predicted octanol–water partition coefficient (Wildman–Crippen LogP) is 3.35. The maximum Gasteiger partial charge on any atom is 0.0970 e. The van der Waals surface area contributed by atoms with Crippen LogP contribution in [0.25, 0.3) is 0 Å². The highest BCUT2D eigenvalue weighted by atomic mass is 32.1. The molecule has 3 rings (SSSR count). The molecule has 0 aromatic carbocycles. The normalized spacial score (nSPS) is 24.7. The van der Waals surface area contributed by atoms with E-state index in [1.54, 1.807) is 11.3 Å². The molecule has 2 aromatic rings. The maximum atomic E-state index is 4.42. The van der Waals surface area contributed by atoms with Gasteiger partial charge in [-0.3, -0.25) is 0 Å². The molecule has 4 nitrogen and oxygen atoms in total. The molecule has 3 atom stereocenters. The maximum absolute atomic E-state index is 4.42. The van der Waals surface area contributed by atoms with E-state index >= 15 is 0 Å². The Morgan fingerprint density at radius 2 is 2.40 bits per heavy atom. The van der Waals surface area contributed by atoms with Crippen LogP contribution < -0.4 is 5.32 Å². The number of nitrogens with zero attached hydrogens (tertiary/aromatic N) is 3. The first kappa shape index (κ1) is 13.8. The predicted molar refractivity (Wildman–Crippen MR) is 81.9 cm³/mol. The lowest BCUT2D eigenvalue weighted by atomic mass is 9.97. The van der Waals surface area contributed by atoms with Gasteiger partial charge in [-0.05, 0) is 26.2 Å². The van der Waals surface area contributed by atoms with Gasteiger partial charge >= 0.3 is 0 Å². The van der Waals surface area contributed by atoms with Gasteiger partial charge in [0.25, 0.3) is 0 Å². The van der Waals surface area contributed by atoms with Crippen LogP contribution in [0.3, 0.4) is 0 Å². The van der Waals surface area contributed by atoms with E-state index in [-0.39, 0.29) is 0 Å². The third kappa shape index (κ3) is 2.94. The second kappa shape index (κ2) is 6.06. The van der Waals surface area contributed by atoms with Crippen molar-refractivity contribution in [2.45, 2.75) is 57.7 Å². The minimum Gasteiger partial charge on any atom is -0.332 e. The number of piperidine rings is 1. The SMILES string of the molecule is CC1CCCC(c2cncn2CC(C)c2nccs2)N1. The zero-order valence-corrected chi connectivity index (χ0v) is 12.9. The third-order valence-electron chi connectivity index (χ3n) is 4.06. The molecular weight excluding hydrogens is 268 g/mol. The Kier molecular flexibility index (Phi) is 4.17. The Morgan fingerprint density at radius 1 is 1.50 bits per heavy atom. The Morgan fingerprint density at radius 3 is 3.15 bits per heavy atom. The van der Waals surface area contributed by atoms with E-state index in [1.165, 1.54) is 30.0 Å². The van der Waals surface area contributed by atoms with Gasteiger partial charge < -0.3 is 9.88 Å². The van der Waals surface area contributed by atoms with Crippen molar-refractivity contribution in [3.63, 3.8) is 0 Å². The molecule has 1 N–H and O–H groups in total. The zero-order valence-electron chi connectivity index (χ0n) is 12.1. The summed E-state index contributed by atoms with van der Waals surface area (Å²) in [6, 6.07) is 1.05. The molecular formula is C15H22N4S. The first-order valence-electron chi connectivity index (χ1n) is 7.39. The van der Waals surface area contributed by atoms with E-state index in [0.29, 0.717) is 18.0 Å². The molecule has 0 radical (unpaired) electrons. The first-order chi connectivity index (χ1) is 9.74. The van der Waals surface area contributed by atoms with Gasteiger partial charge in [0.1, 0.15) is 0 Å². The lowest BCUT2D eigenvalue weighted by Gasteiger charge is -2.29. The molecule has 108 valence electrons. The van der Waals surface area contributed by atoms with Gasteiger partial charge in [0.2, 0.25) is 0 Å². The molecule has 0 saturated carbocycles. The molecule has 1 fully saturated rings. The summed E-state index contributed by atoms with van der Waals surface area (Å²) < 4.78 is 2.29. The van der Waals surface area contributed by atoms with Crippen molar-refractivity contribution in [1.29, 1.82) is 0 Å². The summed E-state index contributed by atoms with van der Waals surface area (Å²) in [7, 11) is 0. The molecule has 20 heavy (non-hydrogen) atoms. The average molecular weight is 290 g/mol. The lowest BCUT2D eigenvalue weighted by Crippen LogP contribution is -2.35. The van der Waals surface area contributed by atoms with Gasteiger partial charge in [0.05, 0.1) is 17.0 Å². The highest BCUT2D eigenvalue weighted by Gasteiger charge is 2.23. The fourth-order valence-electron chi connectivity index (χ4n) is 3.00. The van der Waals surface area contributed by atoms with Crippen LogP contribution in [0.15, 0.2) is 24.1 Å². The van der Waals surface area contributed by atoms with Crippen molar-refractivity contribution in [3.8, 4) is 0 Å². The molecule has 1 aliphatic heterocycles. The largest absolute Gasteiger partial charge is 0.332 e. The van der Waals surface area contributed by atoms with Crippen molar-refractivity contribution < 1.29 is 0 Å². The summed E-state index contributed by atoms with van der Waals surface area (Å²) in [6.45, 7) is 5.46. The fraction of sp³-hybridized carbons (Fsp3) is 0.600. The molecule has 2 aromatic heterocycles. The Balaban J connectivity index is 1.73. The molecule has 0 amide bonds. The number of imidazole rings is 1. The molecule has 0 bridgehead atoms. The highest BCUT2D eigenvalue weighted by molar-refractivity contribution is 7.09. The number of hydrogen-bond donors (Lipinski definition) is 1. The molecule has 3 unspecified atom stereocenters. The molecule has 0 aliphatic carbocycles. The number of nitrogens with one attached hydrogen (secondary N) is 1. The summed E-state index contributed by atoms with van der Waals surface area (Å²) in [4.78, 5) is 8.78.